The van der Waals surface area contributed by atoms with Crippen LogP contribution in [0.1, 0.15) is 31.9 Å². The normalized spacial score (nSPS) is 19.0. The summed E-state index contributed by atoms with van der Waals surface area (Å²) in [6, 6.07) is 5.94. The molecule has 0 saturated carbocycles. The first-order chi connectivity index (χ1) is 10.8. The average Bonchev–Trinajstić information content (AvgIpc) is 2.55. The van der Waals surface area contributed by atoms with Crippen LogP contribution in [-0.2, 0) is 6.54 Å². The Morgan fingerprint density at radius 1 is 1.39 bits per heavy atom. The van der Waals surface area contributed by atoms with E-state index in [9.17, 15) is 0 Å². The maximum absolute atomic E-state index is 4.30. The van der Waals surface area contributed by atoms with Crippen LogP contribution in [0.3, 0.4) is 0 Å². The van der Waals surface area contributed by atoms with Gasteiger partial charge in [-0.15, -0.1) is 24.0 Å². The SMILES string of the molecule is CN=C(NCCCN1CCCC(C)C1)NCc1ccccn1.I. The van der Waals surface area contributed by atoms with Gasteiger partial charge in [-0.05, 0) is 50.4 Å². The molecule has 2 N–H and O–H groups in total. The molecule has 0 amide bonds. The molecular formula is C17H30IN5. The topological polar surface area (TPSA) is 52.6 Å². The number of aromatic nitrogens is 1. The van der Waals surface area contributed by atoms with Gasteiger partial charge in [0.05, 0.1) is 12.2 Å². The van der Waals surface area contributed by atoms with E-state index in [1.54, 1.807) is 7.05 Å². The number of likely N-dealkylation sites (tertiary alicyclic amines) is 1. The van der Waals surface area contributed by atoms with Gasteiger partial charge in [-0.2, -0.15) is 0 Å². The molecule has 2 rings (SSSR count). The van der Waals surface area contributed by atoms with Gasteiger partial charge in [-0.3, -0.25) is 9.98 Å². The number of guanidine groups is 1. The van der Waals surface area contributed by atoms with Crippen LogP contribution in [-0.4, -0.2) is 49.1 Å². The van der Waals surface area contributed by atoms with Gasteiger partial charge in [0.1, 0.15) is 0 Å². The summed E-state index contributed by atoms with van der Waals surface area (Å²) in [5.74, 6) is 1.70. The Labute approximate surface area is 157 Å². The number of piperidine rings is 1. The summed E-state index contributed by atoms with van der Waals surface area (Å²) in [4.78, 5) is 11.1. The molecule has 0 radical (unpaired) electrons. The van der Waals surface area contributed by atoms with Crippen LogP contribution in [0.25, 0.3) is 0 Å². The van der Waals surface area contributed by atoms with Gasteiger partial charge in [0, 0.05) is 26.3 Å². The van der Waals surface area contributed by atoms with Gasteiger partial charge in [0.15, 0.2) is 5.96 Å². The average molecular weight is 431 g/mol. The molecule has 1 fully saturated rings. The van der Waals surface area contributed by atoms with Crippen LogP contribution in [0, 0.1) is 5.92 Å². The van der Waals surface area contributed by atoms with Crippen molar-refractivity contribution in [2.24, 2.45) is 10.9 Å². The van der Waals surface area contributed by atoms with Gasteiger partial charge in [-0.25, -0.2) is 0 Å². The minimum absolute atomic E-state index is 0. The maximum atomic E-state index is 4.30. The summed E-state index contributed by atoms with van der Waals surface area (Å²) in [6.45, 7) is 7.70. The van der Waals surface area contributed by atoms with E-state index in [0.29, 0.717) is 6.54 Å². The first-order valence-electron chi connectivity index (χ1n) is 8.34. The number of halogens is 1. The molecule has 1 aliphatic rings. The summed E-state index contributed by atoms with van der Waals surface area (Å²) >= 11 is 0. The van der Waals surface area contributed by atoms with E-state index in [0.717, 1.165) is 30.5 Å². The third-order valence-electron chi connectivity index (χ3n) is 4.07. The van der Waals surface area contributed by atoms with Crippen LogP contribution in [0.15, 0.2) is 29.4 Å². The van der Waals surface area contributed by atoms with Crippen molar-refractivity contribution in [1.29, 1.82) is 0 Å². The largest absolute Gasteiger partial charge is 0.356 e. The molecule has 2 heterocycles. The van der Waals surface area contributed by atoms with Crippen molar-refractivity contribution in [3.05, 3.63) is 30.1 Å². The predicted octanol–water partition coefficient (Wildman–Crippen LogP) is 2.49. The fraction of sp³-hybridized carbons (Fsp3) is 0.647. The second-order valence-corrected chi connectivity index (χ2v) is 6.08. The highest BCUT2D eigenvalue weighted by molar-refractivity contribution is 14.0. The van der Waals surface area contributed by atoms with Crippen LogP contribution in [0.2, 0.25) is 0 Å². The molecule has 5 nitrogen and oxygen atoms in total. The van der Waals surface area contributed by atoms with Crippen molar-refractivity contribution >= 4 is 29.9 Å². The van der Waals surface area contributed by atoms with E-state index >= 15 is 0 Å². The zero-order chi connectivity index (χ0) is 15.6. The summed E-state index contributed by atoms with van der Waals surface area (Å²) in [6.07, 6.45) is 5.70. The summed E-state index contributed by atoms with van der Waals surface area (Å²) < 4.78 is 0. The lowest BCUT2D eigenvalue weighted by molar-refractivity contribution is 0.182. The second kappa shape index (κ2) is 11.6. The third-order valence-corrected chi connectivity index (χ3v) is 4.07. The Kier molecular flexibility index (Phi) is 10.2. The van der Waals surface area contributed by atoms with Crippen molar-refractivity contribution in [2.45, 2.75) is 32.7 Å². The smallest absolute Gasteiger partial charge is 0.191 e. The minimum Gasteiger partial charge on any atom is -0.356 e. The lowest BCUT2D eigenvalue weighted by Crippen LogP contribution is -2.39. The van der Waals surface area contributed by atoms with Crippen molar-refractivity contribution in [1.82, 2.24) is 20.5 Å². The van der Waals surface area contributed by atoms with Gasteiger partial charge in [0.2, 0.25) is 0 Å². The fourth-order valence-corrected chi connectivity index (χ4v) is 2.90. The predicted molar refractivity (Wildman–Crippen MR) is 107 cm³/mol. The van der Waals surface area contributed by atoms with Gasteiger partial charge in [-0.1, -0.05) is 13.0 Å². The number of hydrogen-bond donors (Lipinski definition) is 2. The van der Waals surface area contributed by atoms with Crippen LogP contribution < -0.4 is 10.6 Å². The lowest BCUT2D eigenvalue weighted by atomic mass is 10.0. The summed E-state index contributed by atoms with van der Waals surface area (Å²) in [7, 11) is 1.81. The molecule has 1 saturated heterocycles. The summed E-state index contributed by atoms with van der Waals surface area (Å²) in [5.41, 5.74) is 1.02. The van der Waals surface area contributed by atoms with Gasteiger partial charge < -0.3 is 15.5 Å². The molecule has 130 valence electrons. The van der Waals surface area contributed by atoms with E-state index in [4.69, 9.17) is 0 Å². The zero-order valence-corrected chi connectivity index (χ0v) is 16.6. The standard InChI is InChI=1S/C17H29N5.HI/c1-15-7-5-11-22(14-15)12-6-10-20-17(18-2)21-13-16-8-3-4-9-19-16;/h3-4,8-9,15H,5-7,10-14H2,1-2H3,(H2,18,20,21);1H. The third kappa shape index (κ3) is 7.97. The molecule has 1 aromatic rings. The molecule has 0 aromatic carbocycles. The lowest BCUT2D eigenvalue weighted by Gasteiger charge is -2.30. The number of rotatable bonds is 6. The molecule has 23 heavy (non-hydrogen) atoms. The molecule has 1 atom stereocenters. The van der Waals surface area contributed by atoms with Crippen molar-refractivity contribution < 1.29 is 0 Å². The molecule has 1 aliphatic heterocycles. The summed E-state index contributed by atoms with van der Waals surface area (Å²) in [5, 5.41) is 6.67. The molecule has 6 heteroatoms. The number of nitrogens with one attached hydrogen (secondary N) is 2. The fourth-order valence-electron chi connectivity index (χ4n) is 2.90. The number of hydrogen-bond acceptors (Lipinski definition) is 3. The minimum atomic E-state index is 0. The number of pyridine rings is 1. The van der Waals surface area contributed by atoms with E-state index in [-0.39, 0.29) is 24.0 Å². The number of aliphatic imine (C=N–C) groups is 1. The van der Waals surface area contributed by atoms with Crippen molar-refractivity contribution in [3.63, 3.8) is 0 Å². The van der Waals surface area contributed by atoms with E-state index in [1.165, 1.54) is 32.5 Å². The highest BCUT2D eigenvalue weighted by atomic mass is 127. The maximum Gasteiger partial charge on any atom is 0.191 e. The Morgan fingerprint density at radius 2 is 2.26 bits per heavy atom. The molecular weight excluding hydrogens is 401 g/mol. The zero-order valence-electron chi connectivity index (χ0n) is 14.3. The van der Waals surface area contributed by atoms with Crippen LogP contribution >= 0.6 is 24.0 Å². The molecule has 0 aliphatic carbocycles. The van der Waals surface area contributed by atoms with Crippen LogP contribution in [0.4, 0.5) is 0 Å². The Balaban J connectivity index is 0.00000264. The van der Waals surface area contributed by atoms with Gasteiger partial charge >= 0.3 is 0 Å². The van der Waals surface area contributed by atoms with Gasteiger partial charge in [0.25, 0.3) is 0 Å². The Hall–Kier alpha value is -0.890. The van der Waals surface area contributed by atoms with Crippen molar-refractivity contribution in [2.75, 3.05) is 33.2 Å². The first kappa shape index (κ1) is 20.2. The first-order valence-corrected chi connectivity index (χ1v) is 8.34. The molecule has 0 bridgehead atoms. The monoisotopic (exact) mass is 431 g/mol. The highest BCUT2D eigenvalue weighted by Crippen LogP contribution is 2.15. The highest BCUT2D eigenvalue weighted by Gasteiger charge is 2.15. The van der Waals surface area contributed by atoms with Crippen LogP contribution in [0.5, 0.6) is 0 Å². The number of nitrogens with zero attached hydrogens (tertiary/aromatic N) is 3. The quantitative estimate of drug-likeness (QED) is 0.315. The molecule has 1 unspecified atom stereocenters. The van der Waals surface area contributed by atoms with E-state index < -0.39 is 0 Å². The van der Waals surface area contributed by atoms with E-state index in [2.05, 4.69) is 32.4 Å². The Bertz CT molecular complexity index is 452. The molecule has 1 aromatic heterocycles. The van der Waals surface area contributed by atoms with E-state index in [1.807, 2.05) is 24.4 Å². The Morgan fingerprint density at radius 3 is 2.96 bits per heavy atom. The van der Waals surface area contributed by atoms with Crippen molar-refractivity contribution in [3.8, 4) is 0 Å². The second-order valence-electron chi connectivity index (χ2n) is 6.08. The molecule has 0 spiro atoms.